The van der Waals surface area contributed by atoms with Gasteiger partial charge in [-0.2, -0.15) is 11.8 Å². The summed E-state index contributed by atoms with van der Waals surface area (Å²) in [5, 5.41) is 13.0. The van der Waals surface area contributed by atoms with Crippen LogP contribution in [0.15, 0.2) is 24.3 Å². The van der Waals surface area contributed by atoms with Gasteiger partial charge in [-0.05, 0) is 55.7 Å². The number of aliphatic hydroxyl groups excluding tert-OH is 1. The minimum absolute atomic E-state index is 0.296. The maximum absolute atomic E-state index is 9.80. The summed E-state index contributed by atoms with van der Waals surface area (Å²) in [6.07, 6.45) is 3.99. The lowest BCUT2D eigenvalue weighted by Gasteiger charge is -2.13. The third-order valence-corrected chi connectivity index (χ3v) is 3.53. The third-order valence-electron chi connectivity index (χ3n) is 2.83. The van der Waals surface area contributed by atoms with Crippen LogP contribution in [0.4, 0.5) is 0 Å². The van der Waals surface area contributed by atoms with E-state index >= 15 is 0 Å². The van der Waals surface area contributed by atoms with Gasteiger partial charge in [0.05, 0.1) is 7.11 Å². The molecular formula is C15H25NO3S. The average Bonchev–Trinajstić information content (AvgIpc) is 2.49. The van der Waals surface area contributed by atoms with Crippen molar-refractivity contribution < 1.29 is 14.6 Å². The van der Waals surface area contributed by atoms with Crippen LogP contribution < -0.4 is 14.8 Å². The Morgan fingerprint density at radius 1 is 1.20 bits per heavy atom. The van der Waals surface area contributed by atoms with Gasteiger partial charge in [-0.15, -0.1) is 0 Å². The molecule has 0 fully saturated rings. The van der Waals surface area contributed by atoms with E-state index in [1.807, 2.05) is 36.0 Å². The molecule has 0 heterocycles. The molecule has 0 bridgehead atoms. The zero-order chi connectivity index (χ0) is 14.6. The smallest absolute Gasteiger partial charge is 0.119 e. The molecule has 1 aromatic rings. The van der Waals surface area contributed by atoms with Gasteiger partial charge in [0.15, 0.2) is 0 Å². The van der Waals surface area contributed by atoms with Crippen molar-refractivity contribution in [3.8, 4) is 11.5 Å². The van der Waals surface area contributed by atoms with Crippen LogP contribution in [-0.2, 0) is 0 Å². The predicted molar refractivity (Wildman–Crippen MR) is 85.0 cm³/mol. The second-order valence-electron chi connectivity index (χ2n) is 4.54. The molecule has 2 N–H and O–H groups in total. The maximum Gasteiger partial charge on any atom is 0.119 e. The zero-order valence-corrected chi connectivity index (χ0v) is 13.1. The normalized spacial score (nSPS) is 12.2. The Balaban J connectivity index is 2.08. The van der Waals surface area contributed by atoms with Crippen LogP contribution in [0.2, 0.25) is 0 Å². The molecule has 20 heavy (non-hydrogen) atoms. The first kappa shape index (κ1) is 17.1. The number of unbranched alkanes of at least 4 members (excludes halogenated alkanes) is 1. The molecule has 0 amide bonds. The lowest BCUT2D eigenvalue weighted by Crippen LogP contribution is -2.32. The third kappa shape index (κ3) is 7.62. The number of hydrogen-bond donors (Lipinski definition) is 2. The number of ether oxygens (including phenoxy) is 2. The van der Waals surface area contributed by atoms with Crippen molar-refractivity contribution in [3.05, 3.63) is 24.3 Å². The van der Waals surface area contributed by atoms with Gasteiger partial charge in [0.1, 0.15) is 24.2 Å². The minimum Gasteiger partial charge on any atom is -0.497 e. The van der Waals surface area contributed by atoms with Crippen molar-refractivity contribution in [1.29, 1.82) is 0 Å². The molecule has 1 aromatic carbocycles. The van der Waals surface area contributed by atoms with E-state index in [1.165, 1.54) is 12.2 Å². The Hall–Kier alpha value is -0.910. The van der Waals surface area contributed by atoms with Gasteiger partial charge in [0.25, 0.3) is 0 Å². The van der Waals surface area contributed by atoms with Gasteiger partial charge in [-0.25, -0.2) is 0 Å². The van der Waals surface area contributed by atoms with Crippen LogP contribution in [-0.4, -0.2) is 50.0 Å². The number of hydrogen-bond acceptors (Lipinski definition) is 5. The molecule has 0 aliphatic heterocycles. The summed E-state index contributed by atoms with van der Waals surface area (Å²) >= 11 is 1.87. The average molecular weight is 299 g/mol. The number of benzene rings is 1. The van der Waals surface area contributed by atoms with Crippen LogP contribution in [0.3, 0.4) is 0 Å². The summed E-state index contributed by atoms with van der Waals surface area (Å²) < 4.78 is 10.6. The first-order chi connectivity index (χ1) is 9.76. The summed E-state index contributed by atoms with van der Waals surface area (Å²) in [4.78, 5) is 0. The molecule has 0 saturated carbocycles. The Morgan fingerprint density at radius 2 is 1.90 bits per heavy atom. The van der Waals surface area contributed by atoms with E-state index in [1.54, 1.807) is 7.11 Å². The van der Waals surface area contributed by atoms with Crippen LogP contribution in [0.25, 0.3) is 0 Å². The molecule has 114 valence electrons. The summed E-state index contributed by atoms with van der Waals surface area (Å²) in [6, 6.07) is 7.35. The second kappa shape index (κ2) is 10.8. The molecule has 1 rings (SSSR count). The highest BCUT2D eigenvalue weighted by molar-refractivity contribution is 7.98. The number of aliphatic hydroxyl groups is 1. The van der Waals surface area contributed by atoms with Crippen molar-refractivity contribution in [2.24, 2.45) is 0 Å². The van der Waals surface area contributed by atoms with Crippen LogP contribution in [0.1, 0.15) is 12.8 Å². The quantitative estimate of drug-likeness (QED) is 0.613. The van der Waals surface area contributed by atoms with Gasteiger partial charge in [0, 0.05) is 6.54 Å². The van der Waals surface area contributed by atoms with Crippen molar-refractivity contribution >= 4 is 11.8 Å². The fraction of sp³-hybridized carbons (Fsp3) is 0.600. The van der Waals surface area contributed by atoms with Crippen molar-refractivity contribution in [2.75, 3.05) is 38.8 Å². The molecule has 0 radical (unpaired) electrons. The Labute approximate surface area is 125 Å². The molecule has 0 saturated heterocycles. The van der Waals surface area contributed by atoms with Crippen LogP contribution in [0.5, 0.6) is 11.5 Å². The predicted octanol–water partition coefficient (Wildman–Crippen LogP) is 2.17. The van der Waals surface area contributed by atoms with E-state index in [2.05, 4.69) is 11.6 Å². The largest absolute Gasteiger partial charge is 0.497 e. The topological polar surface area (TPSA) is 50.7 Å². The molecular weight excluding hydrogens is 274 g/mol. The van der Waals surface area contributed by atoms with Crippen molar-refractivity contribution in [2.45, 2.75) is 18.9 Å². The number of rotatable bonds is 11. The number of thioether (sulfide) groups is 1. The maximum atomic E-state index is 9.80. The van der Waals surface area contributed by atoms with E-state index in [0.29, 0.717) is 13.2 Å². The highest BCUT2D eigenvalue weighted by Crippen LogP contribution is 2.16. The summed E-state index contributed by atoms with van der Waals surface area (Å²) in [5.74, 6) is 2.74. The van der Waals surface area contributed by atoms with E-state index < -0.39 is 6.10 Å². The highest BCUT2D eigenvalue weighted by atomic mass is 32.2. The zero-order valence-electron chi connectivity index (χ0n) is 12.3. The highest BCUT2D eigenvalue weighted by Gasteiger charge is 2.04. The fourth-order valence-corrected chi connectivity index (χ4v) is 2.18. The van der Waals surface area contributed by atoms with Gasteiger partial charge in [-0.3, -0.25) is 0 Å². The van der Waals surface area contributed by atoms with Crippen LogP contribution >= 0.6 is 11.8 Å². The molecule has 1 atom stereocenters. The van der Waals surface area contributed by atoms with E-state index in [0.717, 1.165) is 24.5 Å². The molecule has 0 spiro atoms. The second-order valence-corrected chi connectivity index (χ2v) is 5.53. The van der Waals surface area contributed by atoms with E-state index in [-0.39, 0.29) is 0 Å². The lowest BCUT2D eigenvalue weighted by atomic mass is 10.3. The van der Waals surface area contributed by atoms with Gasteiger partial charge >= 0.3 is 0 Å². The first-order valence-electron chi connectivity index (χ1n) is 6.91. The SMILES string of the molecule is COc1ccc(OCC(O)CNCCCCSC)cc1. The summed E-state index contributed by atoms with van der Waals surface area (Å²) in [7, 11) is 1.63. The summed E-state index contributed by atoms with van der Waals surface area (Å²) in [5.41, 5.74) is 0. The Bertz CT molecular complexity index is 345. The van der Waals surface area contributed by atoms with Crippen molar-refractivity contribution in [3.63, 3.8) is 0 Å². The molecule has 1 unspecified atom stereocenters. The van der Waals surface area contributed by atoms with Gasteiger partial charge in [-0.1, -0.05) is 0 Å². The van der Waals surface area contributed by atoms with E-state index in [4.69, 9.17) is 9.47 Å². The molecule has 0 aliphatic rings. The number of nitrogens with one attached hydrogen (secondary N) is 1. The van der Waals surface area contributed by atoms with E-state index in [9.17, 15) is 5.11 Å². The lowest BCUT2D eigenvalue weighted by molar-refractivity contribution is 0.106. The van der Waals surface area contributed by atoms with Crippen LogP contribution in [0, 0.1) is 0 Å². The minimum atomic E-state index is -0.488. The summed E-state index contributed by atoms with van der Waals surface area (Å²) in [6.45, 7) is 1.81. The van der Waals surface area contributed by atoms with Gasteiger partial charge in [0.2, 0.25) is 0 Å². The monoisotopic (exact) mass is 299 g/mol. The number of methoxy groups -OCH3 is 1. The first-order valence-corrected chi connectivity index (χ1v) is 8.30. The fourth-order valence-electron chi connectivity index (χ4n) is 1.69. The molecule has 5 heteroatoms. The Kier molecular flexibility index (Phi) is 9.28. The standard InChI is InChI=1S/C15H25NO3S/c1-18-14-5-7-15(8-6-14)19-12-13(17)11-16-9-3-4-10-20-2/h5-8,13,16-17H,3-4,9-12H2,1-2H3. The molecule has 0 aromatic heterocycles. The van der Waals surface area contributed by atoms with Crippen molar-refractivity contribution in [1.82, 2.24) is 5.32 Å². The molecule has 4 nitrogen and oxygen atoms in total. The molecule has 0 aliphatic carbocycles. The Morgan fingerprint density at radius 3 is 2.55 bits per heavy atom. The van der Waals surface area contributed by atoms with Gasteiger partial charge < -0.3 is 19.9 Å².